The maximum Gasteiger partial charge on any atom is 0.335 e. The second kappa shape index (κ2) is 6.89. The smallest absolute Gasteiger partial charge is 0.335 e. The molecule has 1 atom stereocenters. The van der Waals surface area contributed by atoms with Crippen molar-refractivity contribution in [2.45, 2.75) is 19.3 Å². The summed E-state index contributed by atoms with van der Waals surface area (Å²) in [4.78, 5) is 24.0. The highest BCUT2D eigenvalue weighted by molar-refractivity contribution is 5.95. The zero-order chi connectivity index (χ0) is 16.9. The fourth-order valence-corrected chi connectivity index (χ4v) is 2.46. The topological polar surface area (TPSA) is 67.2 Å². The van der Waals surface area contributed by atoms with Crippen LogP contribution < -0.4 is 0 Å². The Morgan fingerprint density at radius 2 is 1.61 bits per heavy atom. The average molecular weight is 307 g/mol. The van der Waals surface area contributed by atoms with Gasteiger partial charge in [-0.2, -0.15) is 5.26 Å². The number of nitrogens with zero attached hydrogens (tertiary/aromatic N) is 1. The molecule has 0 saturated heterocycles. The van der Waals surface area contributed by atoms with Crippen LogP contribution in [0.3, 0.4) is 0 Å². The van der Waals surface area contributed by atoms with E-state index in [1.807, 2.05) is 6.07 Å². The van der Waals surface area contributed by atoms with Crippen LogP contribution in [-0.2, 0) is 14.9 Å². The summed E-state index contributed by atoms with van der Waals surface area (Å²) < 4.78 is 5.16. The fraction of sp³-hybridized carbons (Fsp3) is 0.211. The van der Waals surface area contributed by atoms with Gasteiger partial charge >= 0.3 is 5.97 Å². The number of hydrogen-bond acceptors (Lipinski definition) is 4. The van der Waals surface area contributed by atoms with E-state index in [0.29, 0.717) is 16.7 Å². The molecule has 4 heteroatoms. The van der Waals surface area contributed by atoms with Crippen molar-refractivity contribution in [2.24, 2.45) is 0 Å². The Kier molecular flexibility index (Phi) is 4.92. The standard InChI is InChI=1S/C19H17NO3/c1-3-23-18(22)19(13-20,16-7-5-4-6-8-16)17-11-9-15(10-12-17)14(2)21/h4-12H,3H2,1-2H3. The molecule has 0 aliphatic heterocycles. The fourth-order valence-electron chi connectivity index (χ4n) is 2.46. The molecular formula is C19H17NO3. The summed E-state index contributed by atoms with van der Waals surface area (Å²) in [5, 5.41) is 9.84. The third-order valence-corrected chi connectivity index (χ3v) is 3.68. The number of benzene rings is 2. The molecule has 0 aliphatic rings. The van der Waals surface area contributed by atoms with Crippen LogP contribution in [0.15, 0.2) is 54.6 Å². The number of hydrogen-bond donors (Lipinski definition) is 0. The van der Waals surface area contributed by atoms with Crippen molar-refractivity contribution in [3.63, 3.8) is 0 Å². The number of ether oxygens (including phenoxy) is 1. The average Bonchev–Trinajstić information content (AvgIpc) is 2.58. The van der Waals surface area contributed by atoms with Crippen LogP contribution in [0, 0.1) is 11.3 Å². The van der Waals surface area contributed by atoms with Crippen LogP contribution >= 0.6 is 0 Å². The predicted octanol–water partition coefficient (Wildman–Crippen LogP) is 3.26. The quantitative estimate of drug-likeness (QED) is 0.628. The summed E-state index contributed by atoms with van der Waals surface area (Å²) in [6.07, 6.45) is 0. The first-order valence-corrected chi connectivity index (χ1v) is 7.31. The lowest BCUT2D eigenvalue weighted by Gasteiger charge is -2.25. The first-order chi connectivity index (χ1) is 11.1. The van der Waals surface area contributed by atoms with Crippen LogP contribution in [0.2, 0.25) is 0 Å². The molecule has 0 fully saturated rings. The van der Waals surface area contributed by atoms with E-state index in [-0.39, 0.29) is 12.4 Å². The summed E-state index contributed by atoms with van der Waals surface area (Å²) in [5.41, 5.74) is -0.00394. The van der Waals surface area contributed by atoms with E-state index in [1.54, 1.807) is 55.5 Å². The van der Waals surface area contributed by atoms with E-state index in [4.69, 9.17) is 4.74 Å². The normalized spacial score (nSPS) is 12.7. The highest BCUT2D eigenvalue weighted by Gasteiger charge is 2.44. The SMILES string of the molecule is CCOC(=O)C(C#N)(c1ccccc1)c1ccc(C(C)=O)cc1. The maximum absolute atomic E-state index is 12.6. The van der Waals surface area contributed by atoms with Crippen molar-refractivity contribution in [1.82, 2.24) is 0 Å². The van der Waals surface area contributed by atoms with Gasteiger partial charge in [-0.1, -0.05) is 54.6 Å². The van der Waals surface area contributed by atoms with Crippen molar-refractivity contribution in [1.29, 1.82) is 5.26 Å². The molecule has 0 aromatic heterocycles. The molecule has 2 rings (SSSR count). The molecule has 0 radical (unpaired) electrons. The van der Waals surface area contributed by atoms with Crippen molar-refractivity contribution in [3.8, 4) is 6.07 Å². The summed E-state index contributed by atoms with van der Waals surface area (Å²) in [6, 6.07) is 17.4. The Labute approximate surface area is 135 Å². The van der Waals surface area contributed by atoms with Gasteiger partial charge in [0, 0.05) is 5.56 Å². The van der Waals surface area contributed by atoms with Gasteiger partial charge in [-0.05, 0) is 25.0 Å². The van der Waals surface area contributed by atoms with Gasteiger partial charge in [0.05, 0.1) is 12.7 Å². The summed E-state index contributed by atoms with van der Waals surface area (Å²) in [5.74, 6) is -0.695. The Hall–Kier alpha value is -2.93. The number of carbonyl (C=O) groups excluding carboxylic acids is 2. The van der Waals surface area contributed by atoms with E-state index in [0.717, 1.165) is 0 Å². The molecule has 0 saturated carbocycles. The first-order valence-electron chi connectivity index (χ1n) is 7.31. The van der Waals surface area contributed by atoms with Gasteiger partial charge in [0.2, 0.25) is 5.41 Å². The highest BCUT2D eigenvalue weighted by Crippen LogP contribution is 2.33. The van der Waals surface area contributed by atoms with Gasteiger partial charge in [-0.25, -0.2) is 4.79 Å². The zero-order valence-corrected chi connectivity index (χ0v) is 13.1. The lowest BCUT2D eigenvalue weighted by molar-refractivity contribution is -0.146. The molecule has 23 heavy (non-hydrogen) atoms. The van der Waals surface area contributed by atoms with Crippen molar-refractivity contribution >= 4 is 11.8 Å². The molecule has 116 valence electrons. The molecule has 4 nitrogen and oxygen atoms in total. The minimum atomic E-state index is -1.55. The van der Waals surface area contributed by atoms with Gasteiger partial charge < -0.3 is 4.74 Å². The Balaban J connectivity index is 2.64. The number of nitriles is 1. The van der Waals surface area contributed by atoms with Gasteiger partial charge in [-0.15, -0.1) is 0 Å². The lowest BCUT2D eigenvalue weighted by Crippen LogP contribution is -2.37. The Morgan fingerprint density at radius 3 is 2.09 bits per heavy atom. The Bertz CT molecular complexity index is 744. The number of carbonyl (C=O) groups is 2. The molecule has 0 N–H and O–H groups in total. The van der Waals surface area contributed by atoms with Gasteiger partial charge in [0.1, 0.15) is 0 Å². The third kappa shape index (κ3) is 3.00. The van der Waals surface area contributed by atoms with E-state index in [2.05, 4.69) is 6.07 Å². The number of Topliss-reactive ketones (excluding diaryl/α,β-unsaturated/α-hetero) is 1. The number of ketones is 1. The largest absolute Gasteiger partial charge is 0.464 e. The first kappa shape index (κ1) is 16.4. The van der Waals surface area contributed by atoms with Crippen LogP contribution in [0.1, 0.15) is 35.3 Å². The van der Waals surface area contributed by atoms with Gasteiger partial charge in [0.25, 0.3) is 0 Å². The molecule has 2 aromatic carbocycles. The summed E-state index contributed by atoms with van der Waals surface area (Å²) in [6.45, 7) is 3.35. The monoisotopic (exact) mass is 307 g/mol. The third-order valence-electron chi connectivity index (χ3n) is 3.68. The summed E-state index contributed by atoms with van der Waals surface area (Å²) in [7, 11) is 0. The van der Waals surface area contributed by atoms with E-state index in [1.165, 1.54) is 6.92 Å². The zero-order valence-electron chi connectivity index (χ0n) is 13.1. The molecule has 1 unspecified atom stereocenters. The minimum Gasteiger partial charge on any atom is -0.464 e. The van der Waals surface area contributed by atoms with E-state index in [9.17, 15) is 14.9 Å². The van der Waals surface area contributed by atoms with Gasteiger partial charge in [0.15, 0.2) is 5.78 Å². The highest BCUT2D eigenvalue weighted by atomic mass is 16.5. The molecule has 0 amide bonds. The van der Waals surface area contributed by atoms with Gasteiger partial charge in [-0.3, -0.25) is 4.79 Å². The maximum atomic E-state index is 12.6. The van der Waals surface area contributed by atoms with Crippen molar-refractivity contribution in [2.75, 3.05) is 6.61 Å². The van der Waals surface area contributed by atoms with Crippen LogP contribution in [0.4, 0.5) is 0 Å². The predicted molar refractivity (Wildman–Crippen MR) is 85.9 cm³/mol. The minimum absolute atomic E-state index is 0.0741. The molecule has 0 heterocycles. The molecule has 0 aliphatic carbocycles. The molecule has 0 spiro atoms. The van der Waals surface area contributed by atoms with Crippen LogP contribution in [-0.4, -0.2) is 18.4 Å². The number of rotatable bonds is 5. The van der Waals surface area contributed by atoms with Crippen molar-refractivity contribution < 1.29 is 14.3 Å². The molecule has 2 aromatic rings. The Morgan fingerprint density at radius 1 is 1.04 bits per heavy atom. The number of esters is 1. The molecular weight excluding hydrogens is 290 g/mol. The van der Waals surface area contributed by atoms with Crippen LogP contribution in [0.25, 0.3) is 0 Å². The summed E-state index contributed by atoms with van der Waals surface area (Å²) >= 11 is 0. The lowest BCUT2D eigenvalue weighted by atomic mass is 9.75. The van der Waals surface area contributed by atoms with Crippen LogP contribution in [0.5, 0.6) is 0 Å². The second-order valence-electron chi connectivity index (χ2n) is 5.08. The second-order valence-corrected chi connectivity index (χ2v) is 5.08. The van der Waals surface area contributed by atoms with Crippen molar-refractivity contribution in [3.05, 3.63) is 71.3 Å². The van der Waals surface area contributed by atoms with E-state index < -0.39 is 11.4 Å². The molecule has 0 bridgehead atoms. The van der Waals surface area contributed by atoms with E-state index >= 15 is 0 Å².